The summed E-state index contributed by atoms with van der Waals surface area (Å²) >= 11 is -0.294. The molecule has 1 aliphatic heterocycles. The van der Waals surface area contributed by atoms with Crippen LogP contribution in [0.5, 0.6) is 0 Å². The van der Waals surface area contributed by atoms with Crippen molar-refractivity contribution in [2.45, 2.75) is 50.0 Å². The zero-order valence-corrected chi connectivity index (χ0v) is 11.8. The summed E-state index contributed by atoms with van der Waals surface area (Å²) in [6.07, 6.45) is 8.87. The molecule has 0 atom stereocenters. The van der Waals surface area contributed by atoms with Gasteiger partial charge in [0.2, 0.25) is 0 Å². The van der Waals surface area contributed by atoms with Gasteiger partial charge in [-0.2, -0.15) is 0 Å². The van der Waals surface area contributed by atoms with E-state index >= 15 is 0 Å². The van der Waals surface area contributed by atoms with E-state index in [-0.39, 0.29) is 21.1 Å². The van der Waals surface area contributed by atoms with Crippen LogP contribution in [0, 0.1) is 0 Å². The molecule has 1 aliphatic rings. The van der Waals surface area contributed by atoms with Gasteiger partial charge >= 0.3 is 96.4 Å². The van der Waals surface area contributed by atoms with Gasteiger partial charge in [0.05, 0.1) is 0 Å². The summed E-state index contributed by atoms with van der Waals surface area (Å²) in [6, 6.07) is 0. The minimum absolute atomic E-state index is 0.294. The van der Waals surface area contributed by atoms with E-state index in [1.165, 1.54) is 48.9 Å². The van der Waals surface area contributed by atoms with Crippen molar-refractivity contribution in [2.75, 3.05) is 0 Å². The number of rotatable bonds is 4. The molecule has 0 aliphatic carbocycles. The fraction of sp³-hybridized carbons (Fsp3) is 0.727. The molecule has 0 fully saturated rings. The van der Waals surface area contributed by atoms with Gasteiger partial charge in [-0.25, -0.2) is 0 Å². The Balaban J connectivity index is 1.99. The fourth-order valence-corrected chi connectivity index (χ4v) is 5.87. The molecule has 0 saturated heterocycles. The third kappa shape index (κ3) is 2.33. The topological polar surface area (TPSA) is 17.8 Å². The van der Waals surface area contributed by atoms with Crippen LogP contribution in [0.25, 0.3) is 0 Å². The molecule has 0 amide bonds. The Kier molecular flexibility index (Phi) is 3.90. The molecule has 0 bridgehead atoms. The van der Waals surface area contributed by atoms with Gasteiger partial charge in [-0.05, 0) is 0 Å². The van der Waals surface area contributed by atoms with Crippen LogP contribution in [-0.4, -0.2) is 30.7 Å². The third-order valence-corrected chi connectivity index (χ3v) is 6.70. The van der Waals surface area contributed by atoms with Crippen molar-refractivity contribution >= 4 is 24.9 Å². The van der Waals surface area contributed by atoms with E-state index in [9.17, 15) is 0 Å². The minimum atomic E-state index is -0.294. The number of fused-ring (bicyclic) bond motifs is 1. The van der Waals surface area contributed by atoms with E-state index in [0.717, 1.165) is 0 Å². The van der Waals surface area contributed by atoms with Crippen LogP contribution >= 0.6 is 0 Å². The Labute approximate surface area is 96.3 Å². The van der Waals surface area contributed by atoms with Gasteiger partial charge in [-0.3, -0.25) is 0 Å². The Morgan fingerprint density at radius 3 is 3.29 bits per heavy atom. The first kappa shape index (κ1) is 10.5. The van der Waals surface area contributed by atoms with E-state index in [2.05, 4.69) is 22.7 Å². The number of hydrogen-bond acceptors (Lipinski definition) is 1. The zero-order valence-electron chi connectivity index (χ0n) is 8.92. The summed E-state index contributed by atoms with van der Waals surface area (Å²) in [4.78, 5) is 4.54. The van der Waals surface area contributed by atoms with Crippen molar-refractivity contribution in [1.82, 2.24) is 9.55 Å². The van der Waals surface area contributed by atoms with E-state index < -0.39 is 0 Å². The second-order valence-electron chi connectivity index (χ2n) is 3.95. The van der Waals surface area contributed by atoms with Gasteiger partial charge in [0.1, 0.15) is 0 Å². The van der Waals surface area contributed by atoms with Gasteiger partial charge < -0.3 is 0 Å². The maximum absolute atomic E-state index is 4.54. The van der Waals surface area contributed by atoms with Crippen molar-refractivity contribution in [1.29, 1.82) is 0 Å². The molecule has 2 radical (unpaired) electrons. The summed E-state index contributed by atoms with van der Waals surface area (Å²) in [6.45, 7) is 3.53. The van der Waals surface area contributed by atoms with Crippen molar-refractivity contribution in [3.63, 3.8) is 0 Å². The van der Waals surface area contributed by atoms with Gasteiger partial charge in [0, 0.05) is 0 Å². The SMILES string of the molecule is CCC[CH2][Sn][c]1cnc2n1CCCC2. The molecule has 0 unspecified atom stereocenters. The van der Waals surface area contributed by atoms with Crippen molar-refractivity contribution in [3.05, 3.63) is 12.0 Å². The summed E-state index contributed by atoms with van der Waals surface area (Å²) in [5.74, 6) is 1.36. The van der Waals surface area contributed by atoms with Crippen molar-refractivity contribution in [2.24, 2.45) is 0 Å². The molecule has 0 N–H and O–H groups in total. The predicted octanol–water partition coefficient (Wildman–Crippen LogP) is 1.77. The van der Waals surface area contributed by atoms with E-state index in [1.807, 2.05) is 0 Å². The molecule has 2 nitrogen and oxygen atoms in total. The molecule has 1 aromatic heterocycles. The number of aryl methyl sites for hydroxylation is 1. The van der Waals surface area contributed by atoms with E-state index in [4.69, 9.17) is 0 Å². The van der Waals surface area contributed by atoms with Crippen molar-refractivity contribution in [3.8, 4) is 0 Å². The number of nitrogens with zero attached hydrogens (tertiary/aromatic N) is 2. The van der Waals surface area contributed by atoms with Crippen LogP contribution in [-0.2, 0) is 13.0 Å². The van der Waals surface area contributed by atoms with Crippen LogP contribution in [0.4, 0.5) is 0 Å². The zero-order chi connectivity index (χ0) is 9.80. The monoisotopic (exact) mass is 298 g/mol. The molecule has 2 rings (SSSR count). The fourth-order valence-electron chi connectivity index (χ4n) is 1.95. The molecule has 0 aromatic carbocycles. The Morgan fingerprint density at radius 2 is 2.43 bits per heavy atom. The van der Waals surface area contributed by atoms with Crippen molar-refractivity contribution < 1.29 is 0 Å². The van der Waals surface area contributed by atoms with Crippen LogP contribution in [0.15, 0.2) is 6.20 Å². The number of aromatic nitrogens is 2. The first-order valence-electron chi connectivity index (χ1n) is 5.70. The molecule has 1 aromatic rings. The molecular formula is C11H18N2Sn. The van der Waals surface area contributed by atoms with Crippen LogP contribution < -0.4 is 3.71 Å². The van der Waals surface area contributed by atoms with E-state index in [0.29, 0.717) is 0 Å². The summed E-state index contributed by atoms with van der Waals surface area (Å²) in [5.41, 5.74) is 0. The average molecular weight is 297 g/mol. The van der Waals surface area contributed by atoms with Crippen LogP contribution in [0.3, 0.4) is 0 Å². The first-order chi connectivity index (χ1) is 6.92. The molecule has 3 heteroatoms. The summed E-state index contributed by atoms with van der Waals surface area (Å²) in [5, 5.41) is 0. The van der Waals surface area contributed by atoms with Crippen LogP contribution in [0.1, 0.15) is 38.4 Å². The number of imidazole rings is 1. The molecule has 0 spiro atoms. The first-order valence-corrected chi connectivity index (χ1v) is 9.14. The maximum atomic E-state index is 4.54. The molecule has 76 valence electrons. The van der Waals surface area contributed by atoms with Gasteiger partial charge in [-0.15, -0.1) is 0 Å². The standard InChI is InChI=1S/C7H9N2.C4H9.Sn/c1-2-5-9-6-4-8-7(9)3-1;1-3-4-2;/h4H,1-3,5H2;1,3-4H2,2H3;. The Morgan fingerprint density at radius 1 is 1.50 bits per heavy atom. The third-order valence-electron chi connectivity index (χ3n) is 2.81. The second kappa shape index (κ2) is 5.19. The molecule has 2 heterocycles. The second-order valence-corrected chi connectivity index (χ2v) is 7.85. The average Bonchev–Trinajstić information content (AvgIpc) is 2.63. The Bertz CT molecular complexity index is 293. The van der Waals surface area contributed by atoms with Crippen LogP contribution in [0.2, 0.25) is 4.44 Å². The molecular weight excluding hydrogens is 279 g/mol. The summed E-state index contributed by atoms with van der Waals surface area (Å²) < 4.78 is 5.65. The molecule has 14 heavy (non-hydrogen) atoms. The molecule has 0 saturated carbocycles. The van der Waals surface area contributed by atoms with Gasteiger partial charge in [0.25, 0.3) is 0 Å². The quantitative estimate of drug-likeness (QED) is 0.612. The van der Waals surface area contributed by atoms with Gasteiger partial charge in [-0.1, -0.05) is 0 Å². The van der Waals surface area contributed by atoms with Gasteiger partial charge in [0.15, 0.2) is 0 Å². The predicted molar refractivity (Wildman–Crippen MR) is 60.3 cm³/mol. The number of hydrogen-bond donors (Lipinski definition) is 0. The summed E-state index contributed by atoms with van der Waals surface area (Å²) in [7, 11) is 0. The Hall–Kier alpha value is 0.00870. The van der Waals surface area contributed by atoms with E-state index in [1.54, 1.807) is 3.71 Å². The normalized spacial score (nSPS) is 15.5. The number of unbranched alkanes of at least 4 members (excludes halogenated alkanes) is 1.